The van der Waals surface area contributed by atoms with Crippen LogP contribution in [0.4, 0.5) is 0 Å². The third kappa shape index (κ3) is 7.81. The summed E-state index contributed by atoms with van der Waals surface area (Å²) in [6.45, 7) is 2.34. The van der Waals surface area contributed by atoms with Gasteiger partial charge < -0.3 is 14.6 Å². The summed E-state index contributed by atoms with van der Waals surface area (Å²) >= 11 is 3.41. The van der Waals surface area contributed by atoms with E-state index < -0.39 is 16.3 Å². The van der Waals surface area contributed by atoms with Crippen LogP contribution in [-0.4, -0.2) is 30.4 Å². The zero-order valence-electron chi connectivity index (χ0n) is 26.8. The first-order valence-corrected chi connectivity index (χ1v) is 19.4. The van der Waals surface area contributed by atoms with Crippen LogP contribution in [-0.2, 0) is 32.6 Å². The zero-order chi connectivity index (χ0) is 33.8. The van der Waals surface area contributed by atoms with Gasteiger partial charge in [0.25, 0.3) is 0 Å². The Kier molecular flexibility index (Phi) is 10.2. The fourth-order valence-corrected chi connectivity index (χ4v) is 9.23. The average molecular weight is 709 g/mol. The van der Waals surface area contributed by atoms with E-state index in [1.54, 1.807) is 53.4 Å². The van der Waals surface area contributed by atoms with Crippen molar-refractivity contribution in [2.75, 3.05) is 5.75 Å². The van der Waals surface area contributed by atoms with Crippen LogP contribution in [0.15, 0.2) is 137 Å². The normalized spacial score (nSPS) is 19.6. The maximum atomic E-state index is 12.7. The topological polar surface area (TPSA) is 97.8 Å². The van der Waals surface area contributed by atoms with Gasteiger partial charge in [-0.2, -0.15) is 0 Å². The minimum atomic E-state index is -3.61. The molecule has 5 aromatic carbocycles. The number of para-hydroxylation sites is 1. The summed E-state index contributed by atoms with van der Waals surface area (Å²) < 4.78 is 43.7. The first kappa shape index (κ1) is 33.6. The van der Waals surface area contributed by atoms with Gasteiger partial charge in [-0.3, -0.25) is 0 Å². The molecule has 6 aromatic rings. The number of rotatable bonds is 11. The Hall–Kier alpha value is -3.87. The van der Waals surface area contributed by atoms with Crippen LogP contribution >= 0.6 is 23.1 Å². The number of aliphatic hydroxyl groups is 1. The van der Waals surface area contributed by atoms with Crippen molar-refractivity contribution in [1.82, 2.24) is 9.71 Å². The number of nitrogens with zero attached hydrogens (tertiary/aromatic N) is 1. The van der Waals surface area contributed by atoms with E-state index in [-0.39, 0.29) is 36.2 Å². The standard InChI is InChI=1S/C39H36N2O5S3/c1-26-35(25-47-39-41-34-12-5-6-13-36(34)48-39)45-38(46-37(26)30-16-14-27(24-42)15-17-30)31-20-18-29(19-21-31)32-9-7-8-28(22-32)23-40-49(43,44)33-10-3-2-4-11-33/h2-22,26,35,37-38,40,42H,23-25H2,1H3. The molecule has 250 valence electrons. The third-order valence-corrected chi connectivity index (χ3v) is 12.4. The summed E-state index contributed by atoms with van der Waals surface area (Å²) in [5.74, 6) is 0.796. The Labute approximate surface area is 295 Å². The van der Waals surface area contributed by atoms with E-state index in [2.05, 4.69) is 17.7 Å². The molecule has 1 fully saturated rings. The molecular formula is C39H36N2O5S3. The van der Waals surface area contributed by atoms with Crippen LogP contribution in [0, 0.1) is 5.92 Å². The molecule has 0 amide bonds. The number of nitrogens with one attached hydrogen (secondary N) is 1. The molecule has 1 saturated heterocycles. The summed E-state index contributed by atoms with van der Waals surface area (Å²) in [7, 11) is -3.61. The predicted molar refractivity (Wildman–Crippen MR) is 196 cm³/mol. The lowest BCUT2D eigenvalue weighted by molar-refractivity contribution is -0.268. The zero-order valence-corrected chi connectivity index (χ0v) is 29.3. The molecular weight excluding hydrogens is 673 g/mol. The van der Waals surface area contributed by atoms with Gasteiger partial charge in [-0.15, -0.1) is 11.3 Å². The highest BCUT2D eigenvalue weighted by molar-refractivity contribution is 8.01. The second kappa shape index (κ2) is 14.9. The second-order valence-corrected chi connectivity index (χ2v) is 16.1. The van der Waals surface area contributed by atoms with E-state index in [1.807, 2.05) is 91.0 Å². The summed E-state index contributed by atoms with van der Waals surface area (Å²) in [4.78, 5) is 5.06. The Bertz CT molecular complexity index is 2090. The number of benzene rings is 5. The summed E-state index contributed by atoms with van der Waals surface area (Å²) in [6, 6.07) is 40.5. The number of sulfonamides is 1. The lowest BCUT2D eigenvalue weighted by Crippen LogP contribution is -2.38. The number of thioether (sulfide) groups is 1. The molecule has 0 spiro atoms. The van der Waals surface area contributed by atoms with Crippen molar-refractivity contribution in [3.05, 3.63) is 150 Å². The van der Waals surface area contributed by atoms with Crippen molar-refractivity contribution in [3.8, 4) is 11.1 Å². The van der Waals surface area contributed by atoms with E-state index in [1.165, 1.54) is 4.70 Å². The molecule has 2 N–H and O–H groups in total. The van der Waals surface area contributed by atoms with Gasteiger partial charge in [0.1, 0.15) is 0 Å². The fraction of sp³-hybridized carbons (Fsp3) is 0.205. The van der Waals surface area contributed by atoms with Gasteiger partial charge in [-0.05, 0) is 58.1 Å². The SMILES string of the molecule is CC1C(CSc2nc3ccccc3s2)OC(c2ccc(-c3cccc(CNS(=O)(=O)c4ccccc4)c3)cc2)OC1c1ccc(CO)cc1. The van der Waals surface area contributed by atoms with Gasteiger partial charge in [0.2, 0.25) is 10.0 Å². The monoisotopic (exact) mass is 708 g/mol. The van der Waals surface area contributed by atoms with Crippen molar-refractivity contribution >= 4 is 43.3 Å². The summed E-state index contributed by atoms with van der Waals surface area (Å²) in [6.07, 6.45) is -0.884. The maximum absolute atomic E-state index is 12.7. The van der Waals surface area contributed by atoms with Crippen molar-refractivity contribution in [3.63, 3.8) is 0 Å². The van der Waals surface area contributed by atoms with Crippen LogP contribution < -0.4 is 4.72 Å². The highest BCUT2D eigenvalue weighted by atomic mass is 32.2. The smallest absolute Gasteiger partial charge is 0.240 e. The van der Waals surface area contributed by atoms with Gasteiger partial charge in [0.15, 0.2) is 10.6 Å². The van der Waals surface area contributed by atoms with Gasteiger partial charge in [0.05, 0.1) is 33.9 Å². The van der Waals surface area contributed by atoms with Gasteiger partial charge in [-0.25, -0.2) is 18.1 Å². The first-order valence-electron chi connectivity index (χ1n) is 16.1. The molecule has 7 nitrogen and oxygen atoms in total. The van der Waals surface area contributed by atoms with Crippen LogP contribution in [0.3, 0.4) is 0 Å². The Morgan fingerprint density at radius 3 is 2.29 bits per heavy atom. The number of aliphatic hydroxyl groups excluding tert-OH is 1. The van der Waals surface area contributed by atoms with Gasteiger partial charge in [-0.1, -0.05) is 116 Å². The van der Waals surface area contributed by atoms with Gasteiger partial charge >= 0.3 is 0 Å². The molecule has 0 radical (unpaired) electrons. The Morgan fingerprint density at radius 2 is 1.53 bits per heavy atom. The average Bonchev–Trinajstić information content (AvgIpc) is 3.57. The minimum Gasteiger partial charge on any atom is -0.392 e. The number of fused-ring (bicyclic) bond motifs is 1. The van der Waals surface area contributed by atoms with Crippen LogP contribution in [0.2, 0.25) is 0 Å². The maximum Gasteiger partial charge on any atom is 0.240 e. The molecule has 0 aliphatic carbocycles. The van der Waals surface area contributed by atoms with E-state index in [4.69, 9.17) is 14.5 Å². The van der Waals surface area contributed by atoms with Crippen LogP contribution in [0.5, 0.6) is 0 Å². The second-order valence-electron chi connectivity index (χ2n) is 12.0. The van der Waals surface area contributed by atoms with Crippen molar-refractivity contribution in [2.24, 2.45) is 5.92 Å². The Morgan fingerprint density at radius 1 is 0.796 bits per heavy atom. The minimum absolute atomic E-state index is 0.00686. The van der Waals surface area contributed by atoms with Crippen molar-refractivity contribution in [2.45, 2.75) is 47.8 Å². The van der Waals surface area contributed by atoms with Crippen LogP contribution in [0.25, 0.3) is 21.3 Å². The molecule has 2 heterocycles. The van der Waals surface area contributed by atoms with Crippen molar-refractivity contribution < 1.29 is 23.0 Å². The van der Waals surface area contributed by atoms with E-state index in [9.17, 15) is 13.5 Å². The molecule has 49 heavy (non-hydrogen) atoms. The van der Waals surface area contributed by atoms with E-state index in [0.29, 0.717) is 0 Å². The number of aromatic nitrogens is 1. The van der Waals surface area contributed by atoms with Crippen LogP contribution in [0.1, 0.15) is 41.6 Å². The number of hydrogen-bond donors (Lipinski definition) is 2. The van der Waals surface area contributed by atoms with E-state index in [0.717, 1.165) is 49.0 Å². The molecule has 4 atom stereocenters. The predicted octanol–water partition coefficient (Wildman–Crippen LogP) is 8.52. The molecule has 1 aliphatic heterocycles. The number of ether oxygens (including phenoxy) is 2. The van der Waals surface area contributed by atoms with E-state index >= 15 is 0 Å². The highest BCUT2D eigenvalue weighted by Gasteiger charge is 2.38. The molecule has 7 rings (SSSR count). The highest BCUT2D eigenvalue weighted by Crippen LogP contribution is 2.43. The molecule has 0 saturated carbocycles. The quantitative estimate of drug-likeness (QED) is 0.130. The molecule has 1 aliphatic rings. The molecule has 0 bridgehead atoms. The molecule has 1 aromatic heterocycles. The summed E-state index contributed by atoms with van der Waals surface area (Å²) in [5.41, 5.74) is 6.66. The lowest BCUT2D eigenvalue weighted by atomic mass is 9.91. The number of thiazole rings is 1. The molecule has 4 unspecified atom stereocenters. The van der Waals surface area contributed by atoms with Crippen molar-refractivity contribution in [1.29, 1.82) is 0 Å². The largest absolute Gasteiger partial charge is 0.392 e. The van der Waals surface area contributed by atoms with Gasteiger partial charge in [0, 0.05) is 23.8 Å². The molecule has 10 heteroatoms. The number of hydrogen-bond acceptors (Lipinski definition) is 8. The first-order chi connectivity index (χ1) is 23.9. The third-order valence-electron chi connectivity index (χ3n) is 8.73. The fourth-order valence-electron chi connectivity index (χ4n) is 5.93. The Balaban J connectivity index is 1.08. The lowest BCUT2D eigenvalue weighted by Gasteiger charge is -2.41. The summed E-state index contributed by atoms with van der Waals surface area (Å²) in [5, 5.41) is 9.59.